The van der Waals surface area contributed by atoms with E-state index < -0.39 is 0 Å². The molecule has 2 rings (SSSR count). The molecule has 1 N–H and O–H groups in total. The highest BCUT2D eigenvalue weighted by molar-refractivity contribution is 8.00. The number of ether oxygens (including phenoxy) is 1. The molecule has 1 aliphatic rings. The lowest BCUT2D eigenvalue weighted by Crippen LogP contribution is -2.43. The summed E-state index contributed by atoms with van der Waals surface area (Å²) in [6.07, 6.45) is 0. The molecule has 0 aliphatic carbocycles. The number of anilines is 1. The van der Waals surface area contributed by atoms with Crippen LogP contribution < -0.4 is 10.2 Å². The van der Waals surface area contributed by atoms with Crippen molar-refractivity contribution in [3.63, 3.8) is 0 Å². The highest BCUT2D eigenvalue weighted by Crippen LogP contribution is 2.35. The zero-order valence-electron chi connectivity index (χ0n) is 13.7. The van der Waals surface area contributed by atoms with E-state index in [1.807, 2.05) is 11.3 Å². The molecule has 1 saturated heterocycles. The maximum absolute atomic E-state index is 5.31. The predicted molar refractivity (Wildman–Crippen MR) is 93.6 cm³/mol. The van der Waals surface area contributed by atoms with Crippen LogP contribution >= 0.6 is 23.1 Å². The Kier molecular flexibility index (Phi) is 5.94. The van der Waals surface area contributed by atoms with E-state index in [-0.39, 0.29) is 0 Å². The molecule has 1 fully saturated rings. The van der Waals surface area contributed by atoms with Crippen LogP contribution in [0.3, 0.4) is 0 Å². The second-order valence-electron chi connectivity index (χ2n) is 6.36. The van der Waals surface area contributed by atoms with E-state index in [1.165, 1.54) is 10.6 Å². The fourth-order valence-corrected chi connectivity index (χ4v) is 4.52. The van der Waals surface area contributed by atoms with Crippen LogP contribution in [-0.2, 0) is 17.9 Å². The monoisotopic (exact) mass is 329 g/mol. The fourth-order valence-electron chi connectivity index (χ4n) is 2.37. The van der Waals surface area contributed by atoms with Gasteiger partial charge in [0.2, 0.25) is 0 Å². The number of hydrogen-bond donors (Lipinski definition) is 1. The van der Waals surface area contributed by atoms with Crippen molar-refractivity contribution >= 4 is 28.2 Å². The van der Waals surface area contributed by atoms with Crippen LogP contribution in [0.2, 0.25) is 0 Å². The van der Waals surface area contributed by atoms with Gasteiger partial charge in [-0.05, 0) is 13.8 Å². The highest BCUT2D eigenvalue weighted by Gasteiger charge is 2.29. The third-order valence-electron chi connectivity index (χ3n) is 3.42. The lowest BCUT2D eigenvalue weighted by molar-refractivity contribution is 0.181. The number of methoxy groups -OCH3 is 1. The van der Waals surface area contributed by atoms with Gasteiger partial charge in [0.15, 0.2) is 5.13 Å². The topological polar surface area (TPSA) is 37.4 Å². The van der Waals surface area contributed by atoms with E-state index in [1.54, 1.807) is 7.11 Å². The summed E-state index contributed by atoms with van der Waals surface area (Å²) in [4.78, 5) is 8.57. The predicted octanol–water partition coefficient (Wildman–Crippen LogP) is 3.12. The van der Waals surface area contributed by atoms with E-state index >= 15 is 0 Å². The number of rotatable bonds is 6. The van der Waals surface area contributed by atoms with Gasteiger partial charge in [0.05, 0.1) is 12.3 Å². The van der Waals surface area contributed by atoms with Crippen LogP contribution in [0, 0.1) is 0 Å². The van der Waals surface area contributed by atoms with Gasteiger partial charge in [0.25, 0.3) is 0 Å². The summed E-state index contributed by atoms with van der Waals surface area (Å²) in [5, 5.41) is 4.63. The molecule has 4 nitrogen and oxygen atoms in total. The van der Waals surface area contributed by atoms with E-state index in [2.05, 4.69) is 49.7 Å². The molecule has 0 aromatic carbocycles. The average Bonchev–Trinajstić information content (AvgIpc) is 2.79. The molecule has 0 atom stereocenters. The minimum atomic E-state index is 0.307. The summed E-state index contributed by atoms with van der Waals surface area (Å²) in [6.45, 7) is 12.6. The molecule has 0 radical (unpaired) electrons. The first-order chi connectivity index (χ1) is 9.91. The van der Waals surface area contributed by atoms with Crippen LogP contribution in [0.5, 0.6) is 0 Å². The maximum Gasteiger partial charge on any atom is 0.185 e. The van der Waals surface area contributed by atoms with Crippen LogP contribution in [0.4, 0.5) is 5.13 Å². The molecule has 120 valence electrons. The van der Waals surface area contributed by atoms with Gasteiger partial charge in [-0.2, -0.15) is 11.8 Å². The Labute approximate surface area is 136 Å². The Bertz CT molecular complexity index is 460. The number of thiazole rings is 1. The van der Waals surface area contributed by atoms with Crippen LogP contribution in [0.25, 0.3) is 0 Å². The number of hydrogen-bond acceptors (Lipinski definition) is 6. The number of thioether (sulfide) groups is 1. The van der Waals surface area contributed by atoms with E-state index in [4.69, 9.17) is 9.72 Å². The molecule has 1 aromatic rings. The molecule has 0 bridgehead atoms. The first-order valence-electron chi connectivity index (χ1n) is 7.51. The minimum absolute atomic E-state index is 0.307. The third kappa shape index (κ3) is 4.84. The first kappa shape index (κ1) is 17.1. The summed E-state index contributed by atoms with van der Waals surface area (Å²) in [6, 6.07) is 0.483. The Morgan fingerprint density at radius 2 is 2.19 bits per heavy atom. The van der Waals surface area contributed by atoms with Crippen molar-refractivity contribution < 1.29 is 4.74 Å². The van der Waals surface area contributed by atoms with Crippen molar-refractivity contribution in [1.82, 2.24) is 10.3 Å². The standard InChI is InChI=1S/C15H27N3OS2/c1-11(2)16-8-13-12(9-19-5)17-14(21-13)18-6-7-20-15(3,4)10-18/h11,16H,6-10H2,1-5H3. The van der Waals surface area contributed by atoms with Gasteiger partial charge in [-0.15, -0.1) is 11.3 Å². The summed E-state index contributed by atoms with van der Waals surface area (Å²) < 4.78 is 5.62. The Balaban J connectivity index is 2.14. The quantitative estimate of drug-likeness (QED) is 0.868. The van der Waals surface area contributed by atoms with Crippen molar-refractivity contribution in [2.45, 2.75) is 51.6 Å². The molecule has 0 saturated carbocycles. The molecule has 0 amide bonds. The van der Waals surface area contributed by atoms with Gasteiger partial charge in [-0.1, -0.05) is 13.8 Å². The van der Waals surface area contributed by atoms with E-state index in [0.29, 0.717) is 17.4 Å². The van der Waals surface area contributed by atoms with Crippen LogP contribution in [-0.4, -0.2) is 41.7 Å². The van der Waals surface area contributed by atoms with Crippen molar-refractivity contribution in [2.75, 3.05) is 30.9 Å². The Morgan fingerprint density at radius 1 is 1.43 bits per heavy atom. The van der Waals surface area contributed by atoms with Gasteiger partial charge in [-0.25, -0.2) is 4.98 Å². The van der Waals surface area contributed by atoms with E-state index in [9.17, 15) is 0 Å². The van der Waals surface area contributed by atoms with Crippen molar-refractivity contribution in [2.24, 2.45) is 0 Å². The molecule has 0 unspecified atom stereocenters. The SMILES string of the molecule is COCc1nc(N2CCSC(C)(C)C2)sc1CNC(C)C. The van der Waals surface area contributed by atoms with Gasteiger partial charge in [0, 0.05) is 48.2 Å². The van der Waals surface area contributed by atoms with Crippen molar-refractivity contribution in [3.8, 4) is 0 Å². The van der Waals surface area contributed by atoms with E-state index in [0.717, 1.165) is 30.5 Å². The van der Waals surface area contributed by atoms with Gasteiger partial charge >= 0.3 is 0 Å². The Morgan fingerprint density at radius 3 is 2.81 bits per heavy atom. The van der Waals surface area contributed by atoms with Gasteiger partial charge in [0.1, 0.15) is 0 Å². The zero-order chi connectivity index (χ0) is 15.5. The first-order valence-corrected chi connectivity index (χ1v) is 9.31. The molecule has 0 spiro atoms. The third-order valence-corrected chi connectivity index (χ3v) is 5.87. The molecular formula is C15H27N3OS2. The van der Waals surface area contributed by atoms with Gasteiger partial charge < -0.3 is 15.0 Å². The normalized spacial score (nSPS) is 18.5. The summed E-state index contributed by atoms with van der Waals surface area (Å²) in [7, 11) is 1.74. The summed E-state index contributed by atoms with van der Waals surface area (Å²) >= 11 is 3.86. The maximum atomic E-state index is 5.31. The molecule has 1 aromatic heterocycles. The lowest BCUT2D eigenvalue weighted by atomic mass is 10.2. The van der Waals surface area contributed by atoms with Crippen molar-refractivity contribution in [3.05, 3.63) is 10.6 Å². The largest absolute Gasteiger partial charge is 0.378 e. The van der Waals surface area contributed by atoms with Gasteiger partial charge in [-0.3, -0.25) is 0 Å². The van der Waals surface area contributed by atoms with Crippen molar-refractivity contribution in [1.29, 1.82) is 0 Å². The summed E-state index contributed by atoms with van der Waals surface area (Å²) in [5.41, 5.74) is 1.08. The number of nitrogens with zero attached hydrogens (tertiary/aromatic N) is 2. The second kappa shape index (κ2) is 7.31. The zero-order valence-corrected chi connectivity index (χ0v) is 15.4. The lowest BCUT2D eigenvalue weighted by Gasteiger charge is -2.37. The molecule has 2 heterocycles. The molecular weight excluding hydrogens is 302 g/mol. The molecule has 1 aliphatic heterocycles. The molecule has 21 heavy (non-hydrogen) atoms. The number of nitrogens with one attached hydrogen (secondary N) is 1. The average molecular weight is 330 g/mol. The number of aromatic nitrogens is 1. The minimum Gasteiger partial charge on any atom is -0.378 e. The van der Waals surface area contributed by atoms with Crippen LogP contribution in [0.15, 0.2) is 0 Å². The fraction of sp³-hybridized carbons (Fsp3) is 0.800. The summed E-state index contributed by atoms with van der Waals surface area (Å²) in [5.74, 6) is 1.17. The Hall–Kier alpha value is -0.300. The highest BCUT2D eigenvalue weighted by atomic mass is 32.2. The molecule has 6 heteroatoms. The smallest absolute Gasteiger partial charge is 0.185 e. The van der Waals surface area contributed by atoms with Crippen LogP contribution in [0.1, 0.15) is 38.3 Å². The second-order valence-corrected chi connectivity index (χ2v) is 9.23.